The lowest BCUT2D eigenvalue weighted by Gasteiger charge is -2.28. The zero-order valence-electron chi connectivity index (χ0n) is 19.2. The minimum absolute atomic E-state index is 0.0272. The molecule has 0 atom stereocenters. The van der Waals surface area contributed by atoms with E-state index in [1.165, 1.54) is 0 Å². The van der Waals surface area contributed by atoms with Gasteiger partial charge in [0.05, 0.1) is 19.8 Å². The molecule has 32 heavy (non-hydrogen) atoms. The molecule has 0 aromatic heterocycles. The van der Waals surface area contributed by atoms with Crippen molar-refractivity contribution < 1.29 is 24.1 Å². The molecule has 2 aromatic rings. The van der Waals surface area contributed by atoms with Crippen molar-refractivity contribution in [2.45, 2.75) is 52.6 Å². The van der Waals surface area contributed by atoms with Crippen molar-refractivity contribution in [3.05, 3.63) is 71.3 Å². The highest BCUT2D eigenvalue weighted by atomic mass is 19.1. The number of alkyl halides is 1. The van der Waals surface area contributed by atoms with Crippen LogP contribution < -0.4 is 0 Å². The van der Waals surface area contributed by atoms with Crippen LogP contribution in [0.4, 0.5) is 4.39 Å². The second-order valence-electron chi connectivity index (χ2n) is 8.51. The molecule has 2 aromatic carbocycles. The molecule has 0 aliphatic rings. The fourth-order valence-corrected chi connectivity index (χ4v) is 3.63. The number of carbonyl (C=O) groups is 1. The van der Waals surface area contributed by atoms with Crippen LogP contribution in [-0.4, -0.2) is 36.0 Å². The smallest absolute Gasteiger partial charge is 0.333 e. The van der Waals surface area contributed by atoms with Crippen LogP contribution in [0.1, 0.15) is 49.8 Å². The third-order valence-electron chi connectivity index (χ3n) is 6.13. The number of aliphatic hydroxyl groups excluding tert-OH is 2. The molecule has 5 heteroatoms. The quantitative estimate of drug-likeness (QED) is 0.255. The van der Waals surface area contributed by atoms with Crippen molar-refractivity contribution in [2.24, 2.45) is 5.41 Å². The molecule has 0 saturated heterocycles. The van der Waals surface area contributed by atoms with Gasteiger partial charge in [0.1, 0.15) is 6.67 Å². The summed E-state index contributed by atoms with van der Waals surface area (Å²) in [5, 5.41) is 19.2. The molecular formula is C27H35FO4. The summed E-state index contributed by atoms with van der Waals surface area (Å²) in [5.41, 5.74) is 4.52. The zero-order valence-corrected chi connectivity index (χ0v) is 19.2. The predicted molar refractivity (Wildman–Crippen MR) is 126 cm³/mol. The van der Waals surface area contributed by atoms with Gasteiger partial charge < -0.3 is 14.9 Å². The summed E-state index contributed by atoms with van der Waals surface area (Å²) in [5.74, 6) is -0.388. The average Bonchev–Trinajstić information content (AvgIpc) is 2.83. The van der Waals surface area contributed by atoms with Gasteiger partial charge in [-0.2, -0.15) is 0 Å². The van der Waals surface area contributed by atoms with Crippen LogP contribution in [0.2, 0.25) is 0 Å². The van der Waals surface area contributed by atoms with Gasteiger partial charge in [-0.25, -0.2) is 9.18 Å². The lowest BCUT2D eigenvalue weighted by molar-refractivity contribution is -0.139. The molecule has 2 N–H and O–H groups in total. The molecular weight excluding hydrogens is 407 g/mol. The van der Waals surface area contributed by atoms with Crippen molar-refractivity contribution in [2.75, 3.05) is 19.8 Å². The third kappa shape index (κ3) is 7.01. The normalized spacial score (nSPS) is 11.4. The van der Waals surface area contributed by atoms with Crippen LogP contribution in [0.3, 0.4) is 0 Å². The number of aliphatic hydroxyl groups is 2. The van der Waals surface area contributed by atoms with Gasteiger partial charge in [-0.05, 0) is 66.8 Å². The summed E-state index contributed by atoms with van der Waals surface area (Å²) >= 11 is 0. The molecule has 0 saturated carbocycles. The Kier molecular flexibility index (Phi) is 10.1. The van der Waals surface area contributed by atoms with E-state index in [0.717, 1.165) is 35.1 Å². The Morgan fingerprint density at radius 3 is 2.28 bits per heavy atom. The van der Waals surface area contributed by atoms with Crippen molar-refractivity contribution >= 4 is 5.97 Å². The number of halogens is 1. The molecule has 4 nitrogen and oxygen atoms in total. The fourth-order valence-electron chi connectivity index (χ4n) is 3.63. The first-order valence-corrected chi connectivity index (χ1v) is 11.2. The summed E-state index contributed by atoms with van der Waals surface area (Å²) in [6.45, 7) is 6.85. The van der Waals surface area contributed by atoms with Gasteiger partial charge in [0.2, 0.25) is 0 Å². The summed E-state index contributed by atoms with van der Waals surface area (Å²) < 4.78 is 18.9. The van der Waals surface area contributed by atoms with E-state index in [0.29, 0.717) is 37.0 Å². The monoisotopic (exact) mass is 442 g/mol. The van der Waals surface area contributed by atoms with Gasteiger partial charge in [-0.3, -0.25) is 0 Å². The fraction of sp³-hybridized carbons (Fsp3) is 0.444. The van der Waals surface area contributed by atoms with Crippen LogP contribution >= 0.6 is 0 Å². The lowest BCUT2D eigenvalue weighted by Crippen LogP contribution is -2.29. The first-order chi connectivity index (χ1) is 15.4. The van der Waals surface area contributed by atoms with E-state index in [9.17, 15) is 19.4 Å². The van der Waals surface area contributed by atoms with E-state index >= 15 is 0 Å². The molecule has 0 fully saturated rings. The number of carbonyl (C=O) groups excluding carboxylic acids is 1. The van der Waals surface area contributed by atoms with Crippen LogP contribution in [0.5, 0.6) is 0 Å². The van der Waals surface area contributed by atoms with Crippen LogP contribution in [0, 0.1) is 5.41 Å². The van der Waals surface area contributed by atoms with Crippen molar-refractivity contribution in [1.29, 1.82) is 0 Å². The number of benzene rings is 2. The van der Waals surface area contributed by atoms with Gasteiger partial charge in [0, 0.05) is 11.0 Å². The van der Waals surface area contributed by atoms with Gasteiger partial charge in [-0.1, -0.05) is 56.0 Å². The summed E-state index contributed by atoms with van der Waals surface area (Å²) in [4.78, 5) is 11.4. The zero-order chi connectivity index (χ0) is 23.6. The summed E-state index contributed by atoms with van der Waals surface area (Å²) in [6, 6.07) is 13.8. The number of ether oxygens (including phenoxy) is 1. The van der Waals surface area contributed by atoms with Gasteiger partial charge in [-0.15, -0.1) is 0 Å². The van der Waals surface area contributed by atoms with Crippen LogP contribution in [-0.2, 0) is 29.0 Å². The van der Waals surface area contributed by atoms with E-state index in [-0.39, 0.29) is 19.2 Å². The highest BCUT2D eigenvalue weighted by molar-refractivity contribution is 5.86. The Hall–Kier alpha value is -2.50. The Labute approximate surface area is 190 Å². The molecule has 0 unspecified atom stereocenters. The molecule has 0 heterocycles. The molecule has 0 radical (unpaired) electrons. The number of hydrogen-bond donors (Lipinski definition) is 2. The maximum Gasteiger partial charge on any atom is 0.333 e. The highest BCUT2D eigenvalue weighted by Crippen LogP contribution is 2.29. The number of hydrogen-bond acceptors (Lipinski definition) is 4. The maximum atomic E-state index is 13.8. The van der Waals surface area contributed by atoms with Crippen molar-refractivity contribution in [1.82, 2.24) is 0 Å². The second kappa shape index (κ2) is 12.5. The van der Waals surface area contributed by atoms with E-state index in [2.05, 4.69) is 6.58 Å². The summed E-state index contributed by atoms with van der Waals surface area (Å²) in [7, 11) is 0. The molecule has 0 amide bonds. The molecule has 0 aliphatic heterocycles. The SMILES string of the molecule is C=C(C)C(=O)OCCCc1ccc(-c2ccc(CCC(CC)(CO)CO)cc2)c(CF)c1. The topological polar surface area (TPSA) is 66.8 Å². The van der Waals surface area contributed by atoms with E-state index in [1.807, 2.05) is 49.4 Å². The second-order valence-corrected chi connectivity index (χ2v) is 8.51. The van der Waals surface area contributed by atoms with Crippen LogP contribution in [0.25, 0.3) is 11.1 Å². The first kappa shape index (κ1) is 25.8. The molecule has 0 aliphatic carbocycles. The third-order valence-corrected chi connectivity index (χ3v) is 6.13. The van der Waals surface area contributed by atoms with Gasteiger partial charge in [0.25, 0.3) is 0 Å². The molecule has 174 valence electrons. The van der Waals surface area contributed by atoms with Gasteiger partial charge in [0.15, 0.2) is 0 Å². The maximum absolute atomic E-state index is 13.8. The summed E-state index contributed by atoms with van der Waals surface area (Å²) in [6.07, 6.45) is 3.56. The predicted octanol–water partition coefficient (Wildman–Crippen LogP) is 5.19. The largest absolute Gasteiger partial charge is 0.462 e. The van der Waals surface area contributed by atoms with Crippen molar-refractivity contribution in [3.63, 3.8) is 0 Å². The number of esters is 1. The van der Waals surface area contributed by atoms with Crippen molar-refractivity contribution in [3.8, 4) is 11.1 Å². The Morgan fingerprint density at radius 1 is 1.06 bits per heavy atom. The molecule has 0 bridgehead atoms. The Bertz CT molecular complexity index is 877. The average molecular weight is 443 g/mol. The Morgan fingerprint density at radius 2 is 1.72 bits per heavy atom. The number of rotatable bonds is 13. The van der Waals surface area contributed by atoms with Crippen LogP contribution in [0.15, 0.2) is 54.6 Å². The van der Waals surface area contributed by atoms with E-state index in [1.54, 1.807) is 6.92 Å². The molecule has 2 rings (SSSR count). The minimum atomic E-state index is -0.554. The highest BCUT2D eigenvalue weighted by Gasteiger charge is 2.26. The van der Waals surface area contributed by atoms with E-state index < -0.39 is 12.1 Å². The Balaban J connectivity index is 2.02. The first-order valence-electron chi connectivity index (χ1n) is 11.2. The standard InChI is InChI=1S/C27H35FO4/c1-4-27(18-29,19-30)14-13-21-7-10-23(11-8-21)25-12-9-22(16-24(25)17-28)6-5-15-32-26(31)20(2)3/h7-12,16,29-30H,2,4-6,13-15,17-19H2,1,3H3. The van der Waals surface area contributed by atoms with Gasteiger partial charge >= 0.3 is 5.97 Å². The molecule has 0 spiro atoms. The van der Waals surface area contributed by atoms with E-state index in [4.69, 9.17) is 4.74 Å². The lowest BCUT2D eigenvalue weighted by atomic mass is 9.81. The number of aryl methyl sites for hydroxylation is 2. The minimum Gasteiger partial charge on any atom is -0.462 e.